The summed E-state index contributed by atoms with van der Waals surface area (Å²) in [6, 6.07) is 7.15. The molecule has 2 aliphatic rings. The lowest BCUT2D eigenvalue weighted by atomic mass is 9.73. The molecular weight excluding hydrogens is 284 g/mol. The molecule has 22 heavy (non-hydrogen) atoms. The molecule has 6 nitrogen and oxygen atoms in total. The fourth-order valence-corrected chi connectivity index (χ4v) is 3.05. The molecule has 1 heterocycles. The van der Waals surface area contributed by atoms with Crippen LogP contribution in [0.3, 0.4) is 0 Å². The minimum atomic E-state index is -0.922. The van der Waals surface area contributed by atoms with E-state index in [1.54, 1.807) is 23.1 Å². The number of para-hydroxylation sites is 2. The number of benzene rings is 1. The van der Waals surface area contributed by atoms with Crippen LogP contribution in [0.5, 0.6) is 0 Å². The molecule has 0 bridgehead atoms. The van der Waals surface area contributed by atoms with E-state index in [4.69, 9.17) is 5.11 Å². The molecule has 1 aliphatic heterocycles. The highest BCUT2D eigenvalue weighted by Crippen LogP contribution is 2.36. The van der Waals surface area contributed by atoms with Crippen molar-refractivity contribution in [2.24, 2.45) is 11.8 Å². The van der Waals surface area contributed by atoms with Crippen LogP contribution in [0.15, 0.2) is 24.3 Å². The molecule has 0 radical (unpaired) electrons. The van der Waals surface area contributed by atoms with Gasteiger partial charge in [-0.2, -0.15) is 0 Å². The summed E-state index contributed by atoms with van der Waals surface area (Å²) in [4.78, 5) is 36.9. The summed E-state index contributed by atoms with van der Waals surface area (Å²) in [5.41, 5.74) is 1.25. The third-order valence-electron chi connectivity index (χ3n) is 4.45. The lowest BCUT2D eigenvalue weighted by molar-refractivity contribution is -0.151. The molecule has 2 fully saturated rings. The number of carbonyl (C=O) groups excluding carboxylic acids is 2. The van der Waals surface area contributed by atoms with E-state index in [1.165, 1.54) is 0 Å². The minimum Gasteiger partial charge on any atom is -0.481 e. The predicted molar refractivity (Wildman–Crippen MR) is 80.5 cm³/mol. The number of carboxylic acids is 1. The molecule has 2 amide bonds. The summed E-state index contributed by atoms with van der Waals surface area (Å²) in [6.07, 6.45) is 2.46. The van der Waals surface area contributed by atoms with Crippen molar-refractivity contribution in [3.05, 3.63) is 24.3 Å². The van der Waals surface area contributed by atoms with Gasteiger partial charge in [-0.3, -0.25) is 14.4 Å². The summed E-state index contributed by atoms with van der Waals surface area (Å²) in [5.74, 6) is -2.23. The molecule has 6 heteroatoms. The zero-order valence-electron chi connectivity index (χ0n) is 12.1. The van der Waals surface area contributed by atoms with Crippen molar-refractivity contribution < 1.29 is 19.5 Å². The Balaban J connectivity index is 1.77. The summed E-state index contributed by atoms with van der Waals surface area (Å²) < 4.78 is 0. The Labute approximate surface area is 128 Å². The van der Waals surface area contributed by atoms with Gasteiger partial charge in [0.15, 0.2) is 0 Å². The molecule has 3 rings (SSSR count). The number of hydrogen-bond donors (Lipinski definition) is 2. The molecule has 116 valence electrons. The topological polar surface area (TPSA) is 86.7 Å². The van der Waals surface area contributed by atoms with Crippen molar-refractivity contribution >= 4 is 29.2 Å². The summed E-state index contributed by atoms with van der Waals surface area (Å²) in [5, 5.41) is 11.8. The molecule has 0 aromatic heterocycles. The Morgan fingerprint density at radius 1 is 1.18 bits per heavy atom. The van der Waals surface area contributed by atoms with Gasteiger partial charge in [-0.25, -0.2) is 0 Å². The van der Waals surface area contributed by atoms with E-state index in [2.05, 4.69) is 5.32 Å². The standard InChI is InChI=1S/C16H18N2O4/c19-14-6-3-9-18(14)13-5-2-1-4-12(13)17-15(20)10-7-8-11(10)16(21)22/h1-2,4-5,10-11H,3,6-9H2,(H,17,20)(H,21,22). The highest BCUT2D eigenvalue weighted by molar-refractivity contribution is 6.03. The van der Waals surface area contributed by atoms with E-state index in [9.17, 15) is 14.4 Å². The number of hydrogen-bond acceptors (Lipinski definition) is 3. The average molecular weight is 302 g/mol. The van der Waals surface area contributed by atoms with Gasteiger partial charge in [-0.1, -0.05) is 12.1 Å². The lowest BCUT2D eigenvalue weighted by Gasteiger charge is -2.32. The van der Waals surface area contributed by atoms with Gasteiger partial charge in [0.1, 0.15) is 0 Å². The summed E-state index contributed by atoms with van der Waals surface area (Å²) in [7, 11) is 0. The van der Waals surface area contributed by atoms with Gasteiger partial charge in [0, 0.05) is 13.0 Å². The third kappa shape index (κ3) is 2.56. The summed E-state index contributed by atoms with van der Waals surface area (Å²) >= 11 is 0. The van der Waals surface area contributed by atoms with Crippen LogP contribution in [-0.4, -0.2) is 29.4 Å². The van der Waals surface area contributed by atoms with Crippen molar-refractivity contribution in [2.45, 2.75) is 25.7 Å². The number of nitrogens with zero attached hydrogens (tertiary/aromatic N) is 1. The van der Waals surface area contributed by atoms with Crippen LogP contribution in [0.2, 0.25) is 0 Å². The number of amides is 2. The lowest BCUT2D eigenvalue weighted by Crippen LogP contribution is -2.41. The van der Waals surface area contributed by atoms with Gasteiger partial charge in [0.2, 0.25) is 11.8 Å². The number of carboxylic acid groups (broad SMARTS) is 1. The van der Waals surface area contributed by atoms with Crippen molar-refractivity contribution in [3.63, 3.8) is 0 Å². The second kappa shape index (κ2) is 5.79. The Bertz CT molecular complexity index is 628. The van der Waals surface area contributed by atoms with Crippen LogP contribution in [0.25, 0.3) is 0 Å². The molecule has 2 N–H and O–H groups in total. The van der Waals surface area contributed by atoms with E-state index in [1.807, 2.05) is 6.07 Å². The van der Waals surface area contributed by atoms with Crippen molar-refractivity contribution in [3.8, 4) is 0 Å². The Hall–Kier alpha value is -2.37. The summed E-state index contributed by atoms with van der Waals surface area (Å²) in [6.45, 7) is 0.646. The molecule has 1 aromatic carbocycles. The van der Waals surface area contributed by atoms with Gasteiger partial charge >= 0.3 is 5.97 Å². The first-order chi connectivity index (χ1) is 10.6. The van der Waals surface area contributed by atoms with Gasteiger partial charge in [-0.15, -0.1) is 0 Å². The van der Waals surface area contributed by atoms with Gasteiger partial charge < -0.3 is 15.3 Å². The highest BCUT2D eigenvalue weighted by Gasteiger charge is 2.41. The fourth-order valence-electron chi connectivity index (χ4n) is 3.05. The van der Waals surface area contributed by atoms with E-state index in [0.29, 0.717) is 37.2 Å². The maximum Gasteiger partial charge on any atom is 0.307 e. The average Bonchev–Trinajstić information content (AvgIpc) is 2.83. The Morgan fingerprint density at radius 2 is 1.91 bits per heavy atom. The maximum absolute atomic E-state index is 12.3. The molecule has 2 unspecified atom stereocenters. The van der Waals surface area contributed by atoms with E-state index < -0.39 is 17.8 Å². The first-order valence-electron chi connectivity index (χ1n) is 7.51. The monoisotopic (exact) mass is 302 g/mol. The predicted octanol–water partition coefficient (Wildman–Crippen LogP) is 1.86. The second-order valence-corrected chi connectivity index (χ2v) is 5.78. The Kier molecular flexibility index (Phi) is 3.83. The molecule has 2 atom stereocenters. The van der Waals surface area contributed by atoms with Crippen LogP contribution in [0.1, 0.15) is 25.7 Å². The molecule has 0 spiro atoms. The van der Waals surface area contributed by atoms with Crippen LogP contribution >= 0.6 is 0 Å². The van der Waals surface area contributed by atoms with Crippen LogP contribution < -0.4 is 10.2 Å². The SMILES string of the molecule is O=C(O)C1CCC1C(=O)Nc1ccccc1N1CCCC1=O. The molecule has 1 saturated heterocycles. The largest absolute Gasteiger partial charge is 0.481 e. The van der Waals surface area contributed by atoms with Crippen molar-refractivity contribution in [1.29, 1.82) is 0 Å². The minimum absolute atomic E-state index is 0.0498. The van der Waals surface area contributed by atoms with E-state index >= 15 is 0 Å². The number of rotatable bonds is 4. The molecule has 1 saturated carbocycles. The Morgan fingerprint density at radius 3 is 2.50 bits per heavy atom. The highest BCUT2D eigenvalue weighted by atomic mass is 16.4. The normalized spacial score (nSPS) is 24.0. The first-order valence-corrected chi connectivity index (χ1v) is 7.51. The van der Waals surface area contributed by atoms with Crippen LogP contribution in [0.4, 0.5) is 11.4 Å². The molecular formula is C16H18N2O4. The zero-order valence-corrected chi connectivity index (χ0v) is 12.1. The zero-order chi connectivity index (χ0) is 15.7. The van der Waals surface area contributed by atoms with E-state index in [0.717, 1.165) is 6.42 Å². The third-order valence-corrected chi connectivity index (χ3v) is 4.45. The van der Waals surface area contributed by atoms with Gasteiger partial charge in [0.25, 0.3) is 0 Å². The second-order valence-electron chi connectivity index (χ2n) is 5.78. The maximum atomic E-state index is 12.3. The quantitative estimate of drug-likeness (QED) is 0.889. The number of anilines is 2. The molecule has 1 aromatic rings. The van der Waals surface area contributed by atoms with Gasteiger partial charge in [-0.05, 0) is 31.4 Å². The molecule has 1 aliphatic carbocycles. The van der Waals surface area contributed by atoms with Crippen molar-refractivity contribution in [1.82, 2.24) is 0 Å². The number of nitrogens with one attached hydrogen (secondary N) is 1. The van der Waals surface area contributed by atoms with Crippen molar-refractivity contribution in [2.75, 3.05) is 16.8 Å². The first kappa shape index (κ1) is 14.6. The number of aliphatic carboxylic acids is 1. The van der Waals surface area contributed by atoms with Gasteiger partial charge in [0.05, 0.1) is 23.2 Å². The van der Waals surface area contributed by atoms with Crippen LogP contribution in [0, 0.1) is 11.8 Å². The smallest absolute Gasteiger partial charge is 0.307 e. The van der Waals surface area contributed by atoms with Crippen LogP contribution in [-0.2, 0) is 14.4 Å². The fraction of sp³-hybridized carbons (Fsp3) is 0.438. The van der Waals surface area contributed by atoms with E-state index in [-0.39, 0.29) is 11.8 Å². The number of carbonyl (C=O) groups is 3.